The summed E-state index contributed by atoms with van der Waals surface area (Å²) in [6.07, 6.45) is 1.43. The van der Waals surface area contributed by atoms with Gasteiger partial charge in [0, 0.05) is 0 Å². The third kappa shape index (κ3) is 3.39. The van der Waals surface area contributed by atoms with Crippen LogP contribution >= 0.6 is 11.8 Å². The lowest BCUT2D eigenvalue weighted by Crippen LogP contribution is -2.21. The molecule has 1 saturated heterocycles. The highest BCUT2D eigenvalue weighted by Gasteiger charge is 2.59. The van der Waals surface area contributed by atoms with Crippen LogP contribution in [0.3, 0.4) is 0 Å². The van der Waals surface area contributed by atoms with Gasteiger partial charge in [0.05, 0.1) is 6.54 Å². The minimum absolute atomic E-state index is 0.136. The van der Waals surface area contributed by atoms with E-state index in [1.807, 2.05) is 10.7 Å². The number of hydrogen-bond acceptors (Lipinski definition) is 4. The number of ether oxygens (including phenoxy) is 1. The fraction of sp³-hybridized carbons (Fsp3) is 0.333. The Kier molecular flexibility index (Phi) is 4.78. The predicted octanol–water partition coefficient (Wildman–Crippen LogP) is 4.81. The van der Waals surface area contributed by atoms with Crippen molar-refractivity contribution < 1.29 is 9.13 Å². The molecular formula is C21H22FN3OS. The Morgan fingerprint density at radius 1 is 1.22 bits per heavy atom. The largest absolute Gasteiger partial charge is 0.354 e. The Bertz CT molecular complexity index is 974. The number of nitrogens with zero attached hydrogens (tertiary/aromatic N) is 3. The van der Waals surface area contributed by atoms with E-state index in [2.05, 4.69) is 49.1 Å². The molecule has 2 unspecified atom stereocenters. The maximum atomic E-state index is 14.0. The molecule has 0 N–H and O–H groups in total. The van der Waals surface area contributed by atoms with Crippen LogP contribution in [0.4, 0.5) is 4.39 Å². The number of benzene rings is 2. The van der Waals surface area contributed by atoms with Gasteiger partial charge >= 0.3 is 0 Å². The summed E-state index contributed by atoms with van der Waals surface area (Å²) in [4.78, 5) is 4.34. The van der Waals surface area contributed by atoms with E-state index in [1.54, 1.807) is 30.2 Å². The van der Waals surface area contributed by atoms with Crippen LogP contribution in [0, 0.1) is 19.7 Å². The third-order valence-electron chi connectivity index (χ3n) is 4.96. The Hall–Kier alpha value is -2.18. The van der Waals surface area contributed by atoms with Crippen LogP contribution in [-0.4, -0.2) is 20.5 Å². The Balaban J connectivity index is 1.76. The second-order valence-corrected chi connectivity index (χ2v) is 8.12. The molecule has 1 aliphatic heterocycles. The molecule has 6 heteroatoms. The summed E-state index contributed by atoms with van der Waals surface area (Å²) in [7, 11) is 0. The van der Waals surface area contributed by atoms with Gasteiger partial charge in [0.15, 0.2) is 5.16 Å². The van der Waals surface area contributed by atoms with Gasteiger partial charge in [0.25, 0.3) is 0 Å². The molecule has 27 heavy (non-hydrogen) atoms. The molecule has 2 heterocycles. The molecule has 0 spiro atoms. The first-order valence-corrected chi connectivity index (χ1v) is 10.0. The summed E-state index contributed by atoms with van der Waals surface area (Å²) < 4.78 is 22.2. The van der Waals surface area contributed by atoms with Crippen LogP contribution in [0.1, 0.15) is 35.3 Å². The van der Waals surface area contributed by atoms with Crippen LogP contribution in [0.15, 0.2) is 53.9 Å². The summed E-state index contributed by atoms with van der Waals surface area (Å²) in [6.45, 7) is 6.73. The molecule has 0 bridgehead atoms. The lowest BCUT2D eigenvalue weighted by molar-refractivity contribution is 0.256. The van der Waals surface area contributed by atoms with E-state index in [9.17, 15) is 4.39 Å². The van der Waals surface area contributed by atoms with Crippen LogP contribution < -0.4 is 0 Å². The van der Waals surface area contributed by atoms with E-state index >= 15 is 0 Å². The monoisotopic (exact) mass is 383 g/mol. The maximum Gasteiger partial charge on any atom is 0.186 e. The average Bonchev–Trinajstić information content (AvgIpc) is 3.21. The number of halogens is 1. The van der Waals surface area contributed by atoms with E-state index in [-0.39, 0.29) is 11.9 Å². The van der Waals surface area contributed by atoms with Crippen molar-refractivity contribution in [1.29, 1.82) is 0 Å². The van der Waals surface area contributed by atoms with Crippen LogP contribution in [0.5, 0.6) is 0 Å². The number of aryl methyl sites for hydroxylation is 2. The smallest absolute Gasteiger partial charge is 0.186 e. The molecule has 0 aliphatic carbocycles. The van der Waals surface area contributed by atoms with Gasteiger partial charge in [-0.05, 0) is 48.4 Å². The molecule has 1 fully saturated rings. The average molecular weight is 383 g/mol. The van der Waals surface area contributed by atoms with E-state index in [0.29, 0.717) is 6.54 Å². The third-order valence-corrected chi connectivity index (χ3v) is 5.83. The van der Waals surface area contributed by atoms with Gasteiger partial charge in [-0.25, -0.2) is 14.1 Å². The lowest BCUT2D eigenvalue weighted by Gasteiger charge is -2.16. The van der Waals surface area contributed by atoms with Gasteiger partial charge in [-0.15, -0.1) is 0 Å². The first-order chi connectivity index (χ1) is 13.0. The molecule has 4 nitrogen and oxygen atoms in total. The van der Waals surface area contributed by atoms with Crippen molar-refractivity contribution in [3.8, 4) is 0 Å². The van der Waals surface area contributed by atoms with Crippen molar-refractivity contribution in [2.45, 2.75) is 44.2 Å². The van der Waals surface area contributed by atoms with Gasteiger partial charge < -0.3 is 4.74 Å². The first kappa shape index (κ1) is 18.2. The summed E-state index contributed by atoms with van der Waals surface area (Å²) in [5, 5.41) is 5.24. The normalized spacial score (nSPS) is 21.4. The van der Waals surface area contributed by atoms with Crippen molar-refractivity contribution in [1.82, 2.24) is 14.8 Å². The zero-order valence-electron chi connectivity index (χ0n) is 15.6. The minimum atomic E-state index is -0.641. The highest BCUT2D eigenvalue weighted by Crippen LogP contribution is 2.59. The number of epoxide rings is 1. The van der Waals surface area contributed by atoms with Gasteiger partial charge in [-0.2, -0.15) is 5.10 Å². The molecule has 140 valence electrons. The van der Waals surface area contributed by atoms with Gasteiger partial charge in [0.2, 0.25) is 0 Å². The van der Waals surface area contributed by atoms with Crippen LogP contribution in [-0.2, 0) is 16.9 Å². The molecule has 1 aliphatic rings. The Morgan fingerprint density at radius 3 is 2.85 bits per heavy atom. The highest BCUT2D eigenvalue weighted by molar-refractivity contribution is 7.99. The fourth-order valence-corrected chi connectivity index (χ4v) is 4.18. The van der Waals surface area contributed by atoms with Crippen molar-refractivity contribution in [3.05, 3.63) is 76.9 Å². The molecule has 1 aromatic heterocycles. The number of rotatable bonds is 6. The topological polar surface area (TPSA) is 43.2 Å². The van der Waals surface area contributed by atoms with E-state index in [4.69, 9.17) is 4.74 Å². The Labute approximate surface area is 162 Å². The Morgan fingerprint density at radius 2 is 2.07 bits per heavy atom. The first-order valence-electron chi connectivity index (χ1n) is 9.05. The van der Waals surface area contributed by atoms with E-state index in [1.165, 1.54) is 17.2 Å². The van der Waals surface area contributed by atoms with Crippen LogP contribution in [0.25, 0.3) is 0 Å². The van der Waals surface area contributed by atoms with Crippen molar-refractivity contribution in [3.63, 3.8) is 0 Å². The lowest BCUT2D eigenvalue weighted by atomic mass is 9.89. The quantitative estimate of drug-likeness (QED) is 0.452. The molecule has 0 amide bonds. The van der Waals surface area contributed by atoms with Crippen molar-refractivity contribution >= 4 is 11.8 Å². The fourth-order valence-electron chi connectivity index (χ4n) is 3.54. The molecule has 0 saturated carbocycles. The molecular weight excluding hydrogens is 361 g/mol. The van der Waals surface area contributed by atoms with Gasteiger partial charge in [0.1, 0.15) is 23.8 Å². The molecule has 4 rings (SSSR count). The second kappa shape index (κ2) is 7.09. The zero-order chi connectivity index (χ0) is 19.0. The molecule has 2 aromatic carbocycles. The highest BCUT2D eigenvalue weighted by atomic mass is 32.2. The number of hydrogen-bond donors (Lipinski definition) is 0. The minimum Gasteiger partial charge on any atom is -0.354 e. The summed E-state index contributed by atoms with van der Waals surface area (Å²) >= 11 is 1.64. The summed E-state index contributed by atoms with van der Waals surface area (Å²) in [6, 6.07) is 13.0. The summed E-state index contributed by atoms with van der Waals surface area (Å²) in [5.41, 5.74) is 3.69. The SMILES string of the molecule is CCSc1ncnn1CC1(c2cccc(F)c2)OC1c1cc(C)ccc1C. The molecule has 0 radical (unpaired) electrons. The van der Waals surface area contributed by atoms with Crippen LogP contribution in [0.2, 0.25) is 0 Å². The van der Waals surface area contributed by atoms with Crippen molar-refractivity contribution in [2.24, 2.45) is 0 Å². The van der Waals surface area contributed by atoms with Crippen molar-refractivity contribution in [2.75, 3.05) is 5.75 Å². The molecule has 2 atom stereocenters. The maximum absolute atomic E-state index is 14.0. The predicted molar refractivity (Wildman–Crippen MR) is 104 cm³/mol. The standard InChI is InChI=1S/C21H22FN3OS/c1-4-27-20-23-13-24-25(20)12-21(16-6-5-7-17(22)11-16)19(26-21)18-10-14(2)8-9-15(18)3/h5-11,13,19H,4,12H2,1-3H3. The number of thioether (sulfide) groups is 1. The van der Waals surface area contributed by atoms with E-state index < -0.39 is 5.60 Å². The number of aromatic nitrogens is 3. The second-order valence-electron chi connectivity index (χ2n) is 6.89. The van der Waals surface area contributed by atoms with E-state index in [0.717, 1.165) is 22.0 Å². The zero-order valence-corrected chi connectivity index (χ0v) is 16.5. The van der Waals surface area contributed by atoms with Gasteiger partial charge in [-0.1, -0.05) is 54.6 Å². The molecule has 3 aromatic rings. The van der Waals surface area contributed by atoms with Gasteiger partial charge in [-0.3, -0.25) is 0 Å². The summed E-state index contributed by atoms with van der Waals surface area (Å²) in [5.74, 6) is 0.649.